The van der Waals surface area contributed by atoms with Crippen LogP contribution in [-0.4, -0.2) is 19.3 Å². The van der Waals surface area contributed by atoms with Crippen molar-refractivity contribution in [1.82, 2.24) is 0 Å². The SMILES string of the molecule is NOCC1CO1. The van der Waals surface area contributed by atoms with E-state index in [2.05, 4.69) is 10.7 Å². The lowest BCUT2D eigenvalue weighted by Crippen LogP contribution is -2.05. The van der Waals surface area contributed by atoms with Gasteiger partial charge < -0.3 is 9.57 Å². The van der Waals surface area contributed by atoms with Crippen LogP contribution < -0.4 is 5.90 Å². The largest absolute Gasteiger partial charge is 0.371 e. The molecule has 1 saturated heterocycles. The molecule has 3 heteroatoms. The third kappa shape index (κ3) is 0.931. The fourth-order valence-electron chi connectivity index (χ4n) is 0.272. The van der Waals surface area contributed by atoms with Crippen LogP contribution in [0.2, 0.25) is 0 Å². The van der Waals surface area contributed by atoms with Gasteiger partial charge >= 0.3 is 0 Å². The lowest BCUT2D eigenvalue weighted by molar-refractivity contribution is 0.119. The molecule has 0 bridgehead atoms. The summed E-state index contributed by atoms with van der Waals surface area (Å²) in [7, 11) is 0. The zero-order valence-corrected chi connectivity index (χ0v) is 3.39. The van der Waals surface area contributed by atoms with Crippen LogP contribution in [0, 0.1) is 0 Å². The Hall–Kier alpha value is -0.120. The predicted molar refractivity (Wildman–Crippen MR) is 19.9 cm³/mol. The molecule has 0 radical (unpaired) electrons. The van der Waals surface area contributed by atoms with Crippen molar-refractivity contribution in [3.8, 4) is 0 Å². The zero-order chi connectivity index (χ0) is 4.41. The molecule has 0 amide bonds. The Labute approximate surface area is 36.0 Å². The van der Waals surface area contributed by atoms with Crippen molar-refractivity contribution in [2.45, 2.75) is 6.10 Å². The number of ether oxygens (including phenoxy) is 1. The minimum Gasteiger partial charge on any atom is -0.371 e. The van der Waals surface area contributed by atoms with Crippen molar-refractivity contribution in [3.63, 3.8) is 0 Å². The molecule has 1 heterocycles. The summed E-state index contributed by atoms with van der Waals surface area (Å²) in [4.78, 5) is 4.24. The summed E-state index contributed by atoms with van der Waals surface area (Å²) in [5.41, 5.74) is 0. The molecule has 0 saturated carbocycles. The summed E-state index contributed by atoms with van der Waals surface area (Å²) in [6, 6.07) is 0. The van der Waals surface area contributed by atoms with Crippen LogP contribution in [-0.2, 0) is 9.57 Å². The second-order valence-electron chi connectivity index (χ2n) is 1.29. The van der Waals surface area contributed by atoms with Gasteiger partial charge in [-0.1, -0.05) is 0 Å². The molecule has 0 aromatic rings. The predicted octanol–water partition coefficient (Wildman–Crippen LogP) is -0.725. The van der Waals surface area contributed by atoms with Crippen molar-refractivity contribution >= 4 is 0 Å². The van der Waals surface area contributed by atoms with E-state index in [1.54, 1.807) is 0 Å². The van der Waals surface area contributed by atoms with Gasteiger partial charge in [-0.15, -0.1) is 0 Å². The first-order chi connectivity index (χ1) is 2.93. The van der Waals surface area contributed by atoms with Crippen molar-refractivity contribution in [2.24, 2.45) is 5.90 Å². The molecule has 1 aliphatic rings. The average Bonchev–Trinajstić information content (AvgIpc) is 2.21. The highest BCUT2D eigenvalue weighted by Crippen LogP contribution is 2.06. The van der Waals surface area contributed by atoms with Crippen LogP contribution in [0.5, 0.6) is 0 Å². The maximum absolute atomic E-state index is 4.74. The monoisotopic (exact) mass is 89.0 g/mol. The molecule has 1 aliphatic heterocycles. The van der Waals surface area contributed by atoms with Crippen LogP contribution in [0.1, 0.15) is 0 Å². The van der Waals surface area contributed by atoms with Gasteiger partial charge in [0.15, 0.2) is 0 Å². The molecule has 3 nitrogen and oxygen atoms in total. The number of hydrogen-bond donors (Lipinski definition) is 1. The first kappa shape index (κ1) is 4.05. The molecule has 1 fully saturated rings. The molecule has 0 aromatic heterocycles. The number of rotatable bonds is 2. The first-order valence-electron chi connectivity index (χ1n) is 1.87. The smallest absolute Gasteiger partial charge is 0.106 e. The standard InChI is InChI=1S/C3H7NO2/c4-6-2-3-1-5-3/h3H,1-2,4H2. The van der Waals surface area contributed by atoms with Crippen LogP contribution in [0.25, 0.3) is 0 Å². The van der Waals surface area contributed by atoms with Crippen LogP contribution in [0.15, 0.2) is 0 Å². The summed E-state index contributed by atoms with van der Waals surface area (Å²) in [6.45, 7) is 1.36. The third-order valence-corrected chi connectivity index (χ3v) is 0.684. The van der Waals surface area contributed by atoms with Crippen molar-refractivity contribution in [1.29, 1.82) is 0 Å². The van der Waals surface area contributed by atoms with E-state index < -0.39 is 0 Å². The molecule has 0 spiro atoms. The van der Waals surface area contributed by atoms with E-state index >= 15 is 0 Å². The number of nitrogens with two attached hydrogens (primary N) is 1. The highest BCUT2D eigenvalue weighted by Gasteiger charge is 2.21. The fraction of sp³-hybridized carbons (Fsp3) is 1.00. The second kappa shape index (κ2) is 1.55. The van der Waals surface area contributed by atoms with Gasteiger partial charge in [-0.3, -0.25) is 0 Å². The van der Waals surface area contributed by atoms with Gasteiger partial charge in [0.2, 0.25) is 0 Å². The summed E-state index contributed by atoms with van der Waals surface area (Å²) in [5, 5.41) is 0. The molecule has 2 N–H and O–H groups in total. The molecular weight excluding hydrogens is 82.0 g/mol. The lowest BCUT2D eigenvalue weighted by Gasteiger charge is -1.84. The Balaban J connectivity index is 1.88. The van der Waals surface area contributed by atoms with Gasteiger partial charge in [0, 0.05) is 0 Å². The maximum Gasteiger partial charge on any atom is 0.106 e. The molecule has 6 heavy (non-hydrogen) atoms. The van der Waals surface area contributed by atoms with Gasteiger partial charge in [0.05, 0.1) is 13.2 Å². The first-order valence-corrected chi connectivity index (χ1v) is 1.87. The summed E-state index contributed by atoms with van der Waals surface area (Å²) < 4.78 is 4.74. The van der Waals surface area contributed by atoms with Crippen molar-refractivity contribution in [3.05, 3.63) is 0 Å². The number of epoxide rings is 1. The van der Waals surface area contributed by atoms with Crippen LogP contribution in [0.4, 0.5) is 0 Å². The molecule has 1 atom stereocenters. The van der Waals surface area contributed by atoms with E-state index in [1.165, 1.54) is 0 Å². The molecule has 1 unspecified atom stereocenters. The van der Waals surface area contributed by atoms with Gasteiger partial charge in [-0.25, -0.2) is 5.90 Å². The summed E-state index contributed by atoms with van der Waals surface area (Å²) in [6.07, 6.45) is 0.301. The van der Waals surface area contributed by atoms with Gasteiger partial charge in [-0.05, 0) is 0 Å². The van der Waals surface area contributed by atoms with E-state index in [-0.39, 0.29) is 0 Å². The Kier molecular flexibility index (Phi) is 1.05. The van der Waals surface area contributed by atoms with Crippen molar-refractivity contribution in [2.75, 3.05) is 13.2 Å². The Morgan fingerprint density at radius 2 is 2.67 bits per heavy atom. The minimum atomic E-state index is 0.301. The Morgan fingerprint density at radius 1 is 2.00 bits per heavy atom. The second-order valence-corrected chi connectivity index (χ2v) is 1.29. The van der Waals surface area contributed by atoms with E-state index in [4.69, 9.17) is 4.74 Å². The van der Waals surface area contributed by atoms with Crippen molar-refractivity contribution < 1.29 is 9.57 Å². The average molecular weight is 89.1 g/mol. The molecule has 36 valence electrons. The van der Waals surface area contributed by atoms with Crippen LogP contribution >= 0.6 is 0 Å². The summed E-state index contributed by atoms with van der Waals surface area (Å²) in [5.74, 6) is 4.69. The highest BCUT2D eigenvalue weighted by atomic mass is 16.7. The molecule has 1 rings (SSSR count). The van der Waals surface area contributed by atoms with E-state index in [0.29, 0.717) is 12.7 Å². The normalized spacial score (nSPS) is 30.5. The van der Waals surface area contributed by atoms with Gasteiger partial charge in [0.25, 0.3) is 0 Å². The van der Waals surface area contributed by atoms with E-state index in [0.717, 1.165) is 6.61 Å². The minimum absolute atomic E-state index is 0.301. The lowest BCUT2D eigenvalue weighted by atomic mass is 10.5. The maximum atomic E-state index is 4.74. The Bertz CT molecular complexity index is 44.1. The summed E-state index contributed by atoms with van der Waals surface area (Å²) >= 11 is 0. The highest BCUT2D eigenvalue weighted by molar-refractivity contribution is 4.66. The van der Waals surface area contributed by atoms with E-state index in [1.807, 2.05) is 0 Å². The quantitative estimate of drug-likeness (QED) is 0.358. The number of hydrogen-bond acceptors (Lipinski definition) is 3. The van der Waals surface area contributed by atoms with Gasteiger partial charge in [0.1, 0.15) is 6.10 Å². The van der Waals surface area contributed by atoms with Crippen LogP contribution in [0.3, 0.4) is 0 Å². The molecule has 0 aromatic carbocycles. The molecule has 0 aliphatic carbocycles. The Morgan fingerprint density at radius 3 is 2.83 bits per heavy atom. The third-order valence-electron chi connectivity index (χ3n) is 0.684. The molecular formula is C3H7NO2. The zero-order valence-electron chi connectivity index (χ0n) is 3.39. The van der Waals surface area contributed by atoms with E-state index in [9.17, 15) is 0 Å². The van der Waals surface area contributed by atoms with Gasteiger partial charge in [-0.2, -0.15) is 0 Å². The fourth-order valence-corrected chi connectivity index (χ4v) is 0.272. The topological polar surface area (TPSA) is 47.8 Å².